The molecule has 1 heterocycles. The molecule has 0 fully saturated rings. The molecule has 0 aromatic carbocycles. The predicted molar refractivity (Wildman–Crippen MR) is 71.3 cm³/mol. The van der Waals surface area contributed by atoms with Crippen LogP contribution in [0.1, 0.15) is 33.5 Å². The van der Waals surface area contributed by atoms with Gasteiger partial charge >= 0.3 is 0 Å². The van der Waals surface area contributed by atoms with E-state index in [2.05, 4.69) is 32.6 Å². The van der Waals surface area contributed by atoms with E-state index >= 15 is 0 Å². The van der Waals surface area contributed by atoms with Crippen LogP contribution < -0.4 is 0 Å². The Morgan fingerprint density at radius 3 is 2.44 bits per heavy atom. The van der Waals surface area contributed by atoms with Gasteiger partial charge < -0.3 is 14.3 Å². The van der Waals surface area contributed by atoms with Crippen molar-refractivity contribution in [2.75, 3.05) is 13.2 Å². The van der Waals surface area contributed by atoms with E-state index in [4.69, 9.17) is 9.15 Å². The monoisotopic (exact) mass is 255 g/mol. The number of nitrogens with zero attached hydrogens (tertiary/aromatic N) is 1. The van der Waals surface area contributed by atoms with Crippen molar-refractivity contribution < 1.29 is 14.3 Å². The average molecular weight is 255 g/mol. The molecule has 0 spiro atoms. The molecule has 104 valence electrons. The van der Waals surface area contributed by atoms with Crippen LogP contribution in [-0.2, 0) is 11.3 Å². The van der Waals surface area contributed by atoms with Crippen molar-refractivity contribution in [2.24, 2.45) is 0 Å². The molecule has 0 bridgehead atoms. The second kappa shape index (κ2) is 7.56. The fraction of sp³-hybridized carbons (Fsp3) is 0.714. The van der Waals surface area contributed by atoms with E-state index in [1.54, 1.807) is 6.26 Å². The maximum absolute atomic E-state index is 9.95. The molecule has 0 amide bonds. The number of furan rings is 1. The minimum Gasteiger partial charge on any atom is -0.467 e. The molecular weight excluding hydrogens is 230 g/mol. The molecule has 1 unspecified atom stereocenters. The summed E-state index contributed by atoms with van der Waals surface area (Å²) in [7, 11) is 0. The van der Waals surface area contributed by atoms with Crippen LogP contribution >= 0.6 is 0 Å². The van der Waals surface area contributed by atoms with Crippen LogP contribution in [0.2, 0.25) is 0 Å². The molecule has 1 atom stereocenters. The van der Waals surface area contributed by atoms with E-state index in [9.17, 15) is 5.11 Å². The number of hydrogen-bond acceptors (Lipinski definition) is 4. The second-order valence-electron chi connectivity index (χ2n) is 5.13. The topological polar surface area (TPSA) is 45.8 Å². The molecule has 0 saturated heterocycles. The molecule has 0 saturated carbocycles. The minimum absolute atomic E-state index is 0.330. The number of rotatable bonds is 8. The Labute approximate surface area is 110 Å². The summed E-state index contributed by atoms with van der Waals surface area (Å²) < 4.78 is 10.6. The highest BCUT2D eigenvalue weighted by molar-refractivity contribution is 4.96. The molecule has 4 heteroatoms. The molecule has 1 N–H and O–H groups in total. The largest absolute Gasteiger partial charge is 0.467 e. The molecule has 1 aromatic rings. The van der Waals surface area contributed by atoms with E-state index in [0.717, 1.165) is 5.76 Å². The van der Waals surface area contributed by atoms with Crippen LogP contribution in [0.4, 0.5) is 0 Å². The van der Waals surface area contributed by atoms with Crippen LogP contribution in [0, 0.1) is 0 Å². The summed E-state index contributed by atoms with van der Waals surface area (Å²) in [5.74, 6) is 0.784. The smallest absolute Gasteiger partial charge is 0.129 e. The average Bonchev–Trinajstić information content (AvgIpc) is 2.78. The summed E-state index contributed by atoms with van der Waals surface area (Å²) in [6.07, 6.45) is 1.15. The Kier molecular flexibility index (Phi) is 6.39. The number of hydrogen-bond donors (Lipinski definition) is 1. The first-order valence-corrected chi connectivity index (χ1v) is 6.54. The standard InChI is InChI=1S/C14H25NO3/c1-11(2)15(12(3)4)8-13(16)9-17-10-14-6-5-7-18-14/h5-7,11-13,16H,8-10H2,1-4H3. The van der Waals surface area contributed by atoms with E-state index < -0.39 is 6.10 Å². The molecule has 1 aromatic heterocycles. The molecular formula is C14H25NO3. The van der Waals surface area contributed by atoms with Crippen molar-refractivity contribution in [3.05, 3.63) is 24.2 Å². The number of aliphatic hydroxyl groups is 1. The Hall–Kier alpha value is -0.840. The maximum Gasteiger partial charge on any atom is 0.129 e. The third-order valence-corrected chi connectivity index (χ3v) is 2.88. The summed E-state index contributed by atoms with van der Waals surface area (Å²) in [5, 5.41) is 9.95. The minimum atomic E-state index is -0.468. The van der Waals surface area contributed by atoms with Gasteiger partial charge in [0, 0.05) is 18.6 Å². The SMILES string of the molecule is CC(C)N(CC(O)COCc1ccco1)C(C)C. The Balaban J connectivity index is 2.25. The van der Waals surface area contributed by atoms with E-state index in [1.807, 2.05) is 12.1 Å². The van der Waals surface area contributed by atoms with Crippen LogP contribution in [0.5, 0.6) is 0 Å². The van der Waals surface area contributed by atoms with Crippen molar-refractivity contribution in [1.29, 1.82) is 0 Å². The molecule has 0 radical (unpaired) electrons. The van der Waals surface area contributed by atoms with Gasteiger partial charge in [-0.3, -0.25) is 4.90 Å². The summed E-state index contributed by atoms with van der Waals surface area (Å²) in [6.45, 7) is 9.91. The normalized spacial score (nSPS) is 13.8. The molecule has 0 aliphatic heterocycles. The first kappa shape index (κ1) is 15.2. The lowest BCUT2D eigenvalue weighted by Gasteiger charge is -2.32. The van der Waals surface area contributed by atoms with Gasteiger partial charge in [0.1, 0.15) is 12.4 Å². The third kappa shape index (κ3) is 5.21. The van der Waals surface area contributed by atoms with Crippen molar-refractivity contribution >= 4 is 0 Å². The molecule has 1 rings (SSSR count). The van der Waals surface area contributed by atoms with Gasteiger partial charge in [0.15, 0.2) is 0 Å². The quantitative estimate of drug-likeness (QED) is 0.774. The van der Waals surface area contributed by atoms with Crippen molar-refractivity contribution in [2.45, 2.75) is 52.5 Å². The zero-order valence-electron chi connectivity index (χ0n) is 11.8. The highest BCUT2D eigenvalue weighted by Gasteiger charge is 2.17. The fourth-order valence-electron chi connectivity index (χ4n) is 2.00. The van der Waals surface area contributed by atoms with Gasteiger partial charge in [-0.1, -0.05) is 0 Å². The fourth-order valence-corrected chi connectivity index (χ4v) is 2.00. The maximum atomic E-state index is 9.95. The van der Waals surface area contributed by atoms with Gasteiger partial charge in [-0.15, -0.1) is 0 Å². The third-order valence-electron chi connectivity index (χ3n) is 2.88. The van der Waals surface area contributed by atoms with Crippen LogP contribution in [0.3, 0.4) is 0 Å². The Bertz CT molecular complexity index is 301. The predicted octanol–water partition coefficient (Wildman–Crippen LogP) is 2.28. The van der Waals surface area contributed by atoms with Crippen LogP contribution in [-0.4, -0.2) is 41.3 Å². The van der Waals surface area contributed by atoms with Gasteiger partial charge in [-0.05, 0) is 39.8 Å². The lowest BCUT2D eigenvalue weighted by Crippen LogP contribution is -2.43. The summed E-state index contributed by atoms with van der Waals surface area (Å²) in [5.41, 5.74) is 0. The van der Waals surface area contributed by atoms with Gasteiger partial charge in [0.25, 0.3) is 0 Å². The van der Waals surface area contributed by atoms with Gasteiger partial charge in [-0.25, -0.2) is 0 Å². The molecule has 4 nitrogen and oxygen atoms in total. The number of ether oxygens (including phenoxy) is 1. The Morgan fingerprint density at radius 2 is 1.94 bits per heavy atom. The first-order valence-electron chi connectivity index (χ1n) is 6.54. The summed E-state index contributed by atoms with van der Waals surface area (Å²) in [6, 6.07) is 4.53. The second-order valence-corrected chi connectivity index (χ2v) is 5.13. The van der Waals surface area contributed by atoms with Gasteiger partial charge in [0.2, 0.25) is 0 Å². The zero-order chi connectivity index (χ0) is 13.5. The Morgan fingerprint density at radius 1 is 1.28 bits per heavy atom. The van der Waals surface area contributed by atoms with Crippen molar-refractivity contribution in [3.8, 4) is 0 Å². The highest BCUT2D eigenvalue weighted by Crippen LogP contribution is 2.07. The molecule has 0 aliphatic carbocycles. The van der Waals surface area contributed by atoms with E-state index in [1.165, 1.54) is 0 Å². The van der Waals surface area contributed by atoms with E-state index in [-0.39, 0.29) is 0 Å². The summed E-state index contributed by atoms with van der Waals surface area (Å²) in [4.78, 5) is 2.25. The zero-order valence-corrected chi connectivity index (χ0v) is 11.8. The molecule has 18 heavy (non-hydrogen) atoms. The van der Waals surface area contributed by atoms with Crippen molar-refractivity contribution in [1.82, 2.24) is 4.90 Å². The summed E-state index contributed by atoms with van der Waals surface area (Å²) >= 11 is 0. The molecule has 0 aliphatic rings. The van der Waals surface area contributed by atoms with Crippen LogP contribution in [0.25, 0.3) is 0 Å². The van der Waals surface area contributed by atoms with Crippen LogP contribution in [0.15, 0.2) is 22.8 Å². The lowest BCUT2D eigenvalue weighted by atomic mass is 10.2. The van der Waals surface area contributed by atoms with Gasteiger partial charge in [-0.2, -0.15) is 0 Å². The highest BCUT2D eigenvalue weighted by atomic mass is 16.5. The van der Waals surface area contributed by atoms with Gasteiger partial charge in [0.05, 0.1) is 19.0 Å². The van der Waals surface area contributed by atoms with E-state index in [0.29, 0.717) is 31.8 Å². The number of aliphatic hydroxyl groups excluding tert-OH is 1. The first-order chi connectivity index (χ1) is 8.50. The lowest BCUT2D eigenvalue weighted by molar-refractivity contribution is -0.00552. The van der Waals surface area contributed by atoms with Crippen molar-refractivity contribution in [3.63, 3.8) is 0 Å².